The summed E-state index contributed by atoms with van der Waals surface area (Å²) in [4.78, 5) is 27.3. The van der Waals surface area contributed by atoms with Crippen molar-refractivity contribution in [3.63, 3.8) is 0 Å². The summed E-state index contributed by atoms with van der Waals surface area (Å²) < 4.78 is 5.37. The van der Waals surface area contributed by atoms with Gasteiger partial charge in [-0.05, 0) is 81.3 Å². The fourth-order valence-electron chi connectivity index (χ4n) is 7.40. The molecule has 1 aliphatic heterocycles. The highest BCUT2D eigenvalue weighted by Crippen LogP contribution is 2.60. The third kappa shape index (κ3) is 3.15. The lowest BCUT2D eigenvalue weighted by Crippen LogP contribution is -2.58. The van der Waals surface area contributed by atoms with Crippen LogP contribution in [0.3, 0.4) is 0 Å². The van der Waals surface area contributed by atoms with Crippen LogP contribution in [0.1, 0.15) is 63.2 Å². The van der Waals surface area contributed by atoms with Crippen molar-refractivity contribution >= 4 is 11.7 Å². The predicted molar refractivity (Wildman–Crippen MR) is 119 cm³/mol. The van der Waals surface area contributed by atoms with Crippen LogP contribution in [0.5, 0.6) is 0 Å². The van der Waals surface area contributed by atoms with Gasteiger partial charge in [-0.3, -0.25) is 4.79 Å². The molecule has 7 nitrogen and oxygen atoms in total. The Kier molecular flexibility index (Phi) is 4.19. The molecule has 6 aliphatic rings. The molecule has 2 aromatic rings. The Hall–Kier alpha value is -2.44. The van der Waals surface area contributed by atoms with E-state index in [2.05, 4.69) is 24.9 Å². The van der Waals surface area contributed by atoms with Crippen LogP contribution < -0.4 is 4.90 Å². The minimum Gasteiger partial charge on any atom is -0.353 e. The molecule has 4 bridgehead atoms. The number of aromatic nitrogens is 3. The quantitative estimate of drug-likeness (QED) is 0.729. The Morgan fingerprint density at radius 3 is 2.25 bits per heavy atom. The van der Waals surface area contributed by atoms with Crippen LogP contribution >= 0.6 is 0 Å². The van der Waals surface area contributed by atoms with Gasteiger partial charge in [0.05, 0.1) is 5.41 Å². The molecule has 0 unspecified atom stereocenters. The molecule has 8 rings (SSSR count). The SMILES string of the molecule is O=C(N1CCN(c2ccc(-c3noc(C4CC4)n3)cn2)CC1)C12CC3CC(CC(C3)C1)C2. The number of piperazine rings is 1. The molecule has 0 radical (unpaired) electrons. The van der Waals surface area contributed by atoms with E-state index >= 15 is 0 Å². The molecule has 0 atom stereocenters. The molecule has 6 fully saturated rings. The monoisotopic (exact) mass is 433 g/mol. The van der Waals surface area contributed by atoms with E-state index in [-0.39, 0.29) is 5.41 Å². The number of carbonyl (C=O) groups is 1. The van der Waals surface area contributed by atoms with Gasteiger partial charge >= 0.3 is 0 Å². The number of pyridine rings is 1. The maximum Gasteiger partial charge on any atom is 0.230 e. The Morgan fingerprint density at radius 1 is 0.969 bits per heavy atom. The van der Waals surface area contributed by atoms with Crippen molar-refractivity contribution in [2.75, 3.05) is 31.1 Å². The van der Waals surface area contributed by atoms with Gasteiger partial charge in [0, 0.05) is 43.9 Å². The standard InChI is InChI=1S/C25H31N5O2/c31-24(25-12-16-9-17(13-25)11-18(10-16)14-25)30-7-5-29(6-8-30)21-4-3-20(15-26-21)22-27-23(32-28-22)19-1-2-19/h3-4,15-19H,1-2,5-14H2. The first-order chi connectivity index (χ1) is 15.6. The van der Waals surface area contributed by atoms with Crippen LogP contribution in [0.2, 0.25) is 0 Å². The lowest BCUT2D eigenvalue weighted by atomic mass is 9.49. The first-order valence-corrected chi connectivity index (χ1v) is 12.5. The van der Waals surface area contributed by atoms with Gasteiger partial charge in [-0.15, -0.1) is 0 Å². The van der Waals surface area contributed by atoms with Crippen molar-refractivity contribution in [3.05, 3.63) is 24.2 Å². The fourth-order valence-corrected chi connectivity index (χ4v) is 7.40. The van der Waals surface area contributed by atoms with E-state index in [1.165, 1.54) is 19.3 Å². The van der Waals surface area contributed by atoms with Gasteiger partial charge in [-0.25, -0.2) is 4.98 Å². The summed E-state index contributed by atoms with van der Waals surface area (Å²) in [6.45, 7) is 3.30. The molecule has 3 heterocycles. The smallest absolute Gasteiger partial charge is 0.230 e. The molecule has 2 aromatic heterocycles. The van der Waals surface area contributed by atoms with Gasteiger partial charge in [0.15, 0.2) is 0 Å². The van der Waals surface area contributed by atoms with E-state index in [0.717, 1.165) is 93.3 Å². The van der Waals surface area contributed by atoms with Crippen LogP contribution in [-0.2, 0) is 4.79 Å². The lowest BCUT2D eigenvalue weighted by molar-refractivity contribution is -0.158. The Morgan fingerprint density at radius 2 is 1.66 bits per heavy atom. The number of anilines is 1. The Bertz CT molecular complexity index is 984. The number of carbonyl (C=O) groups excluding carboxylic acids is 1. The van der Waals surface area contributed by atoms with Crippen LogP contribution in [0.25, 0.3) is 11.4 Å². The number of nitrogens with zero attached hydrogens (tertiary/aromatic N) is 5. The van der Waals surface area contributed by atoms with Crippen molar-refractivity contribution in [1.82, 2.24) is 20.0 Å². The van der Waals surface area contributed by atoms with Crippen LogP contribution in [0.4, 0.5) is 5.82 Å². The molecule has 7 heteroatoms. The van der Waals surface area contributed by atoms with Gasteiger partial charge in [-0.2, -0.15) is 4.98 Å². The first-order valence-electron chi connectivity index (χ1n) is 12.5. The van der Waals surface area contributed by atoms with Gasteiger partial charge in [0.1, 0.15) is 5.82 Å². The molecule has 0 aromatic carbocycles. The fraction of sp³-hybridized carbons (Fsp3) is 0.680. The van der Waals surface area contributed by atoms with Crippen molar-refractivity contribution in [2.45, 2.75) is 57.3 Å². The van der Waals surface area contributed by atoms with E-state index in [0.29, 0.717) is 17.6 Å². The van der Waals surface area contributed by atoms with E-state index in [9.17, 15) is 4.79 Å². The topological polar surface area (TPSA) is 75.4 Å². The van der Waals surface area contributed by atoms with Crippen LogP contribution in [0, 0.1) is 23.2 Å². The summed E-state index contributed by atoms with van der Waals surface area (Å²) in [5.41, 5.74) is 0.862. The molecule has 5 aliphatic carbocycles. The minimum atomic E-state index is -0.0271. The van der Waals surface area contributed by atoms with Gasteiger partial charge in [-0.1, -0.05) is 5.16 Å². The maximum atomic E-state index is 13.6. The zero-order valence-electron chi connectivity index (χ0n) is 18.6. The van der Waals surface area contributed by atoms with Crippen LogP contribution in [-0.4, -0.2) is 52.1 Å². The zero-order valence-corrected chi connectivity index (χ0v) is 18.6. The molecule has 0 N–H and O–H groups in total. The summed E-state index contributed by atoms with van der Waals surface area (Å²) in [7, 11) is 0. The summed E-state index contributed by atoms with van der Waals surface area (Å²) in [6, 6.07) is 4.07. The molecular weight excluding hydrogens is 402 g/mol. The highest BCUT2D eigenvalue weighted by atomic mass is 16.5. The second kappa shape index (κ2) is 7.03. The van der Waals surface area contributed by atoms with E-state index < -0.39 is 0 Å². The maximum absolute atomic E-state index is 13.6. The number of hydrogen-bond donors (Lipinski definition) is 0. The minimum absolute atomic E-state index is 0.0271. The van der Waals surface area contributed by atoms with Crippen molar-refractivity contribution in [2.24, 2.45) is 23.2 Å². The average Bonchev–Trinajstić information content (AvgIpc) is 3.54. The largest absolute Gasteiger partial charge is 0.353 e. The third-order valence-electron chi connectivity index (χ3n) is 8.76. The van der Waals surface area contributed by atoms with Crippen molar-refractivity contribution in [3.8, 4) is 11.4 Å². The molecular formula is C25H31N5O2. The second-order valence-electron chi connectivity index (χ2n) is 11.1. The summed E-state index contributed by atoms with van der Waals surface area (Å²) in [5.74, 6) is 5.70. The number of amides is 1. The Balaban J connectivity index is 1.00. The molecule has 168 valence electrons. The summed E-state index contributed by atoms with van der Waals surface area (Å²) in [5, 5.41) is 4.11. The van der Waals surface area contributed by atoms with Crippen LogP contribution in [0.15, 0.2) is 22.9 Å². The highest BCUT2D eigenvalue weighted by Gasteiger charge is 2.55. The highest BCUT2D eigenvalue weighted by molar-refractivity contribution is 5.83. The van der Waals surface area contributed by atoms with E-state index in [1.807, 2.05) is 18.3 Å². The predicted octanol–water partition coefficient (Wildman–Crippen LogP) is 3.87. The van der Waals surface area contributed by atoms with E-state index in [4.69, 9.17) is 4.52 Å². The first kappa shape index (κ1) is 19.1. The Labute approximate surface area is 188 Å². The molecule has 32 heavy (non-hydrogen) atoms. The molecule has 1 saturated heterocycles. The average molecular weight is 434 g/mol. The van der Waals surface area contributed by atoms with E-state index in [1.54, 1.807) is 0 Å². The molecule has 0 spiro atoms. The van der Waals surface area contributed by atoms with Gasteiger partial charge < -0.3 is 14.3 Å². The third-order valence-corrected chi connectivity index (χ3v) is 8.76. The van der Waals surface area contributed by atoms with Gasteiger partial charge in [0.2, 0.25) is 17.6 Å². The second-order valence-corrected chi connectivity index (χ2v) is 11.1. The number of rotatable bonds is 4. The van der Waals surface area contributed by atoms with Crippen molar-refractivity contribution in [1.29, 1.82) is 0 Å². The molecule has 5 saturated carbocycles. The number of hydrogen-bond acceptors (Lipinski definition) is 6. The van der Waals surface area contributed by atoms with Crippen molar-refractivity contribution < 1.29 is 9.32 Å². The summed E-state index contributed by atoms with van der Waals surface area (Å²) in [6.07, 6.45) is 11.7. The molecule has 1 amide bonds. The zero-order chi connectivity index (χ0) is 21.3. The lowest BCUT2D eigenvalue weighted by Gasteiger charge is -2.57. The van der Waals surface area contributed by atoms with Gasteiger partial charge in [0.25, 0.3) is 0 Å². The summed E-state index contributed by atoms with van der Waals surface area (Å²) >= 11 is 0. The normalized spacial score (nSPS) is 33.7.